The third kappa shape index (κ3) is 4.16. The van der Waals surface area contributed by atoms with Crippen LogP contribution in [0.3, 0.4) is 0 Å². The molecule has 0 aromatic carbocycles. The van der Waals surface area contributed by atoms with Gasteiger partial charge in [0.1, 0.15) is 11.6 Å². The second kappa shape index (κ2) is 8.05. The lowest BCUT2D eigenvalue weighted by Gasteiger charge is -2.32. The molecule has 0 amide bonds. The lowest BCUT2D eigenvalue weighted by atomic mass is 9.97. The molecule has 7 heteroatoms. The molecule has 4 rings (SSSR count). The van der Waals surface area contributed by atoms with Gasteiger partial charge < -0.3 is 20.8 Å². The molecule has 140 valence electrons. The number of nitrogens with zero attached hydrogens (tertiary/aromatic N) is 3. The second-order valence-electron chi connectivity index (χ2n) is 7.31. The van der Waals surface area contributed by atoms with E-state index in [1.807, 2.05) is 6.07 Å². The summed E-state index contributed by atoms with van der Waals surface area (Å²) in [7, 11) is 0. The molecular formula is C19H28N6O. The zero-order valence-electron chi connectivity index (χ0n) is 15.2. The van der Waals surface area contributed by atoms with E-state index in [4.69, 9.17) is 10.2 Å². The number of nitrogens with two attached hydrogens (primary N) is 1. The van der Waals surface area contributed by atoms with Crippen molar-refractivity contribution in [2.24, 2.45) is 5.92 Å². The molecule has 2 aromatic rings. The maximum atomic E-state index is 5.94. The summed E-state index contributed by atoms with van der Waals surface area (Å²) in [5.74, 6) is 2.95. The van der Waals surface area contributed by atoms with Crippen LogP contribution in [0.25, 0.3) is 0 Å². The first-order valence-corrected chi connectivity index (χ1v) is 9.62. The van der Waals surface area contributed by atoms with Crippen LogP contribution in [0.2, 0.25) is 0 Å². The van der Waals surface area contributed by atoms with E-state index in [1.54, 1.807) is 6.26 Å². The van der Waals surface area contributed by atoms with Crippen molar-refractivity contribution >= 4 is 11.8 Å². The number of hydrogen-bond acceptors (Lipinski definition) is 7. The highest BCUT2D eigenvalue weighted by atomic mass is 16.3. The Hall–Kier alpha value is -2.12. The number of nitrogen functional groups attached to an aromatic ring is 1. The molecule has 0 unspecified atom stereocenters. The number of fused-ring (bicyclic) bond motifs is 1. The van der Waals surface area contributed by atoms with Gasteiger partial charge in [-0.1, -0.05) is 0 Å². The van der Waals surface area contributed by atoms with Gasteiger partial charge in [0.05, 0.1) is 18.5 Å². The number of hydrogen-bond donors (Lipinski definition) is 3. The normalized spacial score (nSPS) is 21.2. The molecule has 4 N–H and O–H groups in total. The molecule has 0 bridgehead atoms. The maximum Gasteiger partial charge on any atom is 0.222 e. The van der Waals surface area contributed by atoms with Crippen LogP contribution in [0.4, 0.5) is 11.8 Å². The largest absolute Gasteiger partial charge is 0.468 e. The maximum absolute atomic E-state index is 5.94. The minimum absolute atomic E-state index is 0.372. The van der Waals surface area contributed by atoms with Gasteiger partial charge >= 0.3 is 0 Å². The fourth-order valence-electron chi connectivity index (χ4n) is 4.04. The van der Waals surface area contributed by atoms with Crippen molar-refractivity contribution < 1.29 is 4.42 Å². The minimum Gasteiger partial charge on any atom is -0.468 e. The molecule has 2 aromatic heterocycles. The number of aromatic nitrogens is 2. The third-order valence-electron chi connectivity index (χ3n) is 5.32. The first-order chi connectivity index (χ1) is 12.8. The van der Waals surface area contributed by atoms with Crippen molar-refractivity contribution in [2.45, 2.75) is 32.2 Å². The van der Waals surface area contributed by atoms with E-state index in [1.165, 1.54) is 18.4 Å². The molecule has 4 heterocycles. The first-order valence-electron chi connectivity index (χ1n) is 9.62. The summed E-state index contributed by atoms with van der Waals surface area (Å²) in [5.41, 5.74) is 8.26. The fraction of sp³-hybridized carbons (Fsp3) is 0.579. The Balaban J connectivity index is 1.38. The molecular weight excluding hydrogens is 328 g/mol. The summed E-state index contributed by atoms with van der Waals surface area (Å²) in [5, 5.41) is 7.00. The summed E-state index contributed by atoms with van der Waals surface area (Å²) >= 11 is 0. The number of likely N-dealkylation sites (tertiary alicyclic amines) is 1. The minimum atomic E-state index is 0.372. The Morgan fingerprint density at radius 1 is 1.31 bits per heavy atom. The van der Waals surface area contributed by atoms with E-state index in [2.05, 4.69) is 31.6 Å². The first kappa shape index (κ1) is 17.3. The highest BCUT2D eigenvalue weighted by Gasteiger charge is 2.22. The van der Waals surface area contributed by atoms with E-state index in [0.717, 1.165) is 69.4 Å². The summed E-state index contributed by atoms with van der Waals surface area (Å²) < 4.78 is 5.49. The zero-order valence-corrected chi connectivity index (χ0v) is 15.2. The predicted octanol–water partition coefficient (Wildman–Crippen LogP) is 1.66. The number of piperidine rings is 1. The van der Waals surface area contributed by atoms with E-state index < -0.39 is 0 Å². The fourth-order valence-corrected chi connectivity index (χ4v) is 4.04. The van der Waals surface area contributed by atoms with Crippen molar-refractivity contribution in [3.63, 3.8) is 0 Å². The summed E-state index contributed by atoms with van der Waals surface area (Å²) in [6.45, 7) is 5.95. The van der Waals surface area contributed by atoms with Crippen LogP contribution in [0.15, 0.2) is 22.8 Å². The van der Waals surface area contributed by atoms with Crippen LogP contribution < -0.4 is 16.4 Å². The molecule has 0 spiro atoms. The zero-order chi connectivity index (χ0) is 17.8. The van der Waals surface area contributed by atoms with Gasteiger partial charge in [0.25, 0.3) is 0 Å². The van der Waals surface area contributed by atoms with Crippen molar-refractivity contribution in [1.29, 1.82) is 0 Å². The number of furan rings is 1. The van der Waals surface area contributed by atoms with E-state index in [-0.39, 0.29) is 0 Å². The van der Waals surface area contributed by atoms with E-state index >= 15 is 0 Å². The summed E-state index contributed by atoms with van der Waals surface area (Å²) in [6.07, 6.45) is 6.08. The van der Waals surface area contributed by atoms with Gasteiger partial charge in [0, 0.05) is 31.6 Å². The molecule has 1 atom stereocenters. The molecule has 0 radical (unpaired) electrons. The Kier molecular flexibility index (Phi) is 5.36. The summed E-state index contributed by atoms with van der Waals surface area (Å²) in [4.78, 5) is 11.4. The Bertz CT molecular complexity index is 717. The van der Waals surface area contributed by atoms with Crippen LogP contribution in [-0.4, -0.2) is 47.6 Å². The van der Waals surface area contributed by atoms with E-state index in [0.29, 0.717) is 11.9 Å². The Morgan fingerprint density at radius 3 is 3.12 bits per heavy atom. The second-order valence-corrected chi connectivity index (χ2v) is 7.31. The lowest BCUT2D eigenvalue weighted by Crippen LogP contribution is -2.37. The average molecular weight is 356 g/mol. The summed E-state index contributed by atoms with van der Waals surface area (Å²) in [6, 6.07) is 4.01. The van der Waals surface area contributed by atoms with Gasteiger partial charge in [0.15, 0.2) is 0 Å². The quantitative estimate of drug-likeness (QED) is 0.750. The van der Waals surface area contributed by atoms with Gasteiger partial charge in [-0.25, -0.2) is 4.98 Å². The standard InChI is InChI=1S/C19H28N6O/c20-19-23-17-6-8-21-7-5-16(17)18(24-19)22-11-14-3-1-9-25(12-14)13-15-4-2-10-26-15/h2,4,10,14,21H,1,3,5-9,11-13H2,(H3,20,22,23,24)/t14-/m0/s1. The number of anilines is 2. The topological polar surface area (TPSA) is 92.2 Å². The smallest absolute Gasteiger partial charge is 0.222 e. The Morgan fingerprint density at radius 2 is 2.23 bits per heavy atom. The van der Waals surface area contributed by atoms with Crippen LogP contribution in [0.5, 0.6) is 0 Å². The van der Waals surface area contributed by atoms with Gasteiger partial charge in [-0.15, -0.1) is 0 Å². The molecule has 0 saturated carbocycles. The molecule has 7 nitrogen and oxygen atoms in total. The monoisotopic (exact) mass is 356 g/mol. The van der Waals surface area contributed by atoms with Gasteiger partial charge in [0.2, 0.25) is 5.95 Å². The third-order valence-corrected chi connectivity index (χ3v) is 5.32. The van der Waals surface area contributed by atoms with Crippen molar-refractivity contribution in [1.82, 2.24) is 20.2 Å². The SMILES string of the molecule is Nc1nc2c(c(NC[C@@H]3CCCN(Cc4ccco4)C3)n1)CCNCC2. The van der Waals surface area contributed by atoms with Crippen molar-refractivity contribution in [2.75, 3.05) is 43.8 Å². The van der Waals surface area contributed by atoms with Gasteiger partial charge in [-0.3, -0.25) is 4.90 Å². The lowest BCUT2D eigenvalue weighted by molar-refractivity contribution is 0.162. The molecule has 0 aliphatic carbocycles. The van der Waals surface area contributed by atoms with Crippen LogP contribution in [-0.2, 0) is 19.4 Å². The predicted molar refractivity (Wildman–Crippen MR) is 102 cm³/mol. The molecule has 26 heavy (non-hydrogen) atoms. The van der Waals surface area contributed by atoms with Crippen molar-refractivity contribution in [3.05, 3.63) is 35.4 Å². The number of nitrogens with one attached hydrogen (secondary N) is 2. The molecule has 1 fully saturated rings. The van der Waals surface area contributed by atoms with E-state index in [9.17, 15) is 0 Å². The van der Waals surface area contributed by atoms with Crippen LogP contribution in [0, 0.1) is 5.92 Å². The van der Waals surface area contributed by atoms with Crippen LogP contribution in [0.1, 0.15) is 29.9 Å². The van der Waals surface area contributed by atoms with Crippen molar-refractivity contribution in [3.8, 4) is 0 Å². The average Bonchev–Trinajstić information content (AvgIpc) is 3.03. The number of rotatable bonds is 5. The van der Waals surface area contributed by atoms with Gasteiger partial charge in [-0.05, 0) is 50.4 Å². The molecule has 1 saturated heterocycles. The highest BCUT2D eigenvalue weighted by molar-refractivity contribution is 5.50. The molecule has 2 aliphatic rings. The highest BCUT2D eigenvalue weighted by Crippen LogP contribution is 2.23. The molecule has 2 aliphatic heterocycles. The van der Waals surface area contributed by atoms with Crippen LogP contribution >= 0.6 is 0 Å². The Labute approximate surface area is 154 Å². The van der Waals surface area contributed by atoms with Gasteiger partial charge in [-0.2, -0.15) is 4.98 Å².